The van der Waals surface area contributed by atoms with Crippen LogP contribution in [0, 0.1) is 0 Å². The summed E-state index contributed by atoms with van der Waals surface area (Å²) in [4.78, 5) is 11.8. The normalized spacial score (nSPS) is 9.64. The van der Waals surface area contributed by atoms with Gasteiger partial charge in [0.25, 0.3) is 0 Å². The largest absolute Gasteiger partial charge is 0.496 e. The van der Waals surface area contributed by atoms with Crippen molar-refractivity contribution >= 4 is 33.0 Å². The molecule has 0 aliphatic rings. The second-order valence-corrected chi connectivity index (χ2v) is 3.38. The molecule has 0 aliphatic carbocycles. The summed E-state index contributed by atoms with van der Waals surface area (Å²) in [6.45, 7) is 0. The van der Waals surface area contributed by atoms with Crippen molar-refractivity contribution in [2.75, 3.05) is 12.4 Å². The minimum Gasteiger partial charge on any atom is -0.496 e. The molecule has 0 aliphatic heterocycles. The van der Waals surface area contributed by atoms with Crippen LogP contribution in [-0.4, -0.2) is 18.2 Å². The van der Waals surface area contributed by atoms with Gasteiger partial charge in [-0.05, 0) is 0 Å². The Bertz CT molecular complexity index is 257. The van der Waals surface area contributed by atoms with Gasteiger partial charge in [-0.25, -0.2) is 0 Å². The lowest BCUT2D eigenvalue weighted by Gasteiger charge is -1.89. The first-order chi connectivity index (χ1) is 5.27. The van der Waals surface area contributed by atoms with Gasteiger partial charge in [0, 0.05) is 11.4 Å². The molecule has 0 bridgehead atoms. The van der Waals surface area contributed by atoms with Crippen LogP contribution < -0.4 is 4.74 Å². The highest BCUT2D eigenvalue weighted by atomic mass is 79.9. The van der Waals surface area contributed by atoms with E-state index in [0.717, 1.165) is 10.6 Å². The van der Waals surface area contributed by atoms with Crippen LogP contribution in [0.4, 0.5) is 0 Å². The quantitative estimate of drug-likeness (QED) is 0.593. The zero-order valence-electron chi connectivity index (χ0n) is 5.96. The average Bonchev–Trinajstić information content (AvgIpc) is 2.50. The average molecular weight is 235 g/mol. The van der Waals surface area contributed by atoms with Gasteiger partial charge in [-0.15, -0.1) is 11.3 Å². The summed E-state index contributed by atoms with van der Waals surface area (Å²) in [5.74, 6) is 0.845. The number of hydrogen-bond acceptors (Lipinski definition) is 3. The van der Waals surface area contributed by atoms with Crippen LogP contribution in [0.5, 0.6) is 5.75 Å². The lowest BCUT2D eigenvalue weighted by molar-refractivity contribution is 0.102. The fourth-order valence-corrected chi connectivity index (χ4v) is 1.92. The predicted octanol–water partition coefficient (Wildman–Crippen LogP) is 2.33. The maximum absolute atomic E-state index is 11.1. The Labute approximate surface area is 77.3 Å². The molecular formula is C7H7BrO2S. The zero-order valence-corrected chi connectivity index (χ0v) is 8.37. The Hall–Kier alpha value is -0.350. The molecule has 1 aromatic heterocycles. The maximum Gasteiger partial charge on any atom is 0.183 e. The number of methoxy groups -OCH3 is 1. The third kappa shape index (κ3) is 2.04. The fraction of sp³-hybridized carbons (Fsp3) is 0.286. The van der Waals surface area contributed by atoms with Crippen LogP contribution in [-0.2, 0) is 0 Å². The number of ether oxygens (including phenoxy) is 1. The van der Waals surface area contributed by atoms with Crippen LogP contribution in [0.1, 0.15) is 9.67 Å². The predicted molar refractivity (Wildman–Crippen MR) is 49.0 cm³/mol. The summed E-state index contributed by atoms with van der Waals surface area (Å²) in [5.41, 5.74) is 0. The lowest BCUT2D eigenvalue weighted by atomic mass is 10.3. The monoisotopic (exact) mass is 234 g/mol. The van der Waals surface area contributed by atoms with Gasteiger partial charge in [0.15, 0.2) is 5.78 Å². The third-order valence-corrected chi connectivity index (χ3v) is 2.67. The molecule has 0 atom stereocenters. The first kappa shape index (κ1) is 8.74. The van der Waals surface area contributed by atoms with Gasteiger partial charge in [-0.1, -0.05) is 15.9 Å². The first-order valence-corrected chi connectivity index (χ1v) is 4.99. The second kappa shape index (κ2) is 3.88. The summed E-state index contributed by atoms with van der Waals surface area (Å²) < 4.78 is 4.93. The Morgan fingerprint density at radius 3 is 3.00 bits per heavy atom. The van der Waals surface area contributed by atoms with E-state index in [0.29, 0.717) is 5.33 Å². The van der Waals surface area contributed by atoms with Crippen LogP contribution in [0.15, 0.2) is 11.4 Å². The molecule has 0 radical (unpaired) electrons. The summed E-state index contributed by atoms with van der Waals surface area (Å²) in [7, 11) is 1.59. The molecule has 0 saturated carbocycles. The molecule has 0 unspecified atom stereocenters. The number of carbonyl (C=O) groups is 1. The standard InChI is InChI=1S/C7H7BrO2S/c1-10-5-2-7(11-4-5)6(9)3-8/h2,4H,3H2,1H3. The van der Waals surface area contributed by atoms with E-state index in [1.807, 2.05) is 5.38 Å². The van der Waals surface area contributed by atoms with Gasteiger partial charge >= 0.3 is 0 Å². The number of ketones is 1. The lowest BCUT2D eigenvalue weighted by Crippen LogP contribution is -1.95. The van der Waals surface area contributed by atoms with Gasteiger partial charge in [0.1, 0.15) is 5.75 Å². The van der Waals surface area contributed by atoms with Crippen molar-refractivity contribution in [3.8, 4) is 5.75 Å². The molecule has 1 rings (SSSR count). The molecule has 4 heteroatoms. The van der Waals surface area contributed by atoms with E-state index in [1.165, 1.54) is 11.3 Å². The molecular weight excluding hydrogens is 228 g/mol. The number of halogens is 1. The Morgan fingerprint density at radius 1 is 1.82 bits per heavy atom. The molecule has 60 valence electrons. The molecule has 0 saturated heterocycles. The zero-order chi connectivity index (χ0) is 8.27. The fourth-order valence-electron chi connectivity index (χ4n) is 0.638. The highest BCUT2D eigenvalue weighted by Crippen LogP contribution is 2.21. The SMILES string of the molecule is COc1csc(C(=O)CBr)c1. The summed E-state index contributed by atoms with van der Waals surface area (Å²) >= 11 is 4.50. The van der Waals surface area contributed by atoms with E-state index in [4.69, 9.17) is 4.74 Å². The van der Waals surface area contributed by atoms with E-state index in [9.17, 15) is 4.79 Å². The first-order valence-electron chi connectivity index (χ1n) is 2.99. The molecule has 1 heterocycles. The van der Waals surface area contributed by atoms with E-state index < -0.39 is 0 Å². The topological polar surface area (TPSA) is 26.3 Å². The minimum atomic E-state index is 0.0956. The van der Waals surface area contributed by atoms with Crippen molar-refractivity contribution in [3.05, 3.63) is 16.3 Å². The van der Waals surface area contributed by atoms with Gasteiger partial charge in [-0.2, -0.15) is 0 Å². The Morgan fingerprint density at radius 2 is 2.55 bits per heavy atom. The van der Waals surface area contributed by atoms with Gasteiger partial charge in [0.05, 0.1) is 17.3 Å². The van der Waals surface area contributed by atoms with Gasteiger partial charge in [-0.3, -0.25) is 4.79 Å². The maximum atomic E-state index is 11.1. The smallest absolute Gasteiger partial charge is 0.183 e. The van der Waals surface area contributed by atoms with Gasteiger partial charge < -0.3 is 4.74 Å². The van der Waals surface area contributed by atoms with Crippen molar-refractivity contribution in [1.29, 1.82) is 0 Å². The molecule has 11 heavy (non-hydrogen) atoms. The number of carbonyl (C=O) groups excluding carboxylic acids is 1. The molecule has 0 fully saturated rings. The molecule has 0 spiro atoms. The van der Waals surface area contributed by atoms with Crippen molar-refractivity contribution in [1.82, 2.24) is 0 Å². The number of Topliss-reactive ketones (excluding diaryl/α,β-unsaturated/α-hetero) is 1. The summed E-state index contributed by atoms with van der Waals surface area (Å²) in [5, 5.41) is 2.19. The number of rotatable bonds is 3. The highest BCUT2D eigenvalue weighted by molar-refractivity contribution is 9.09. The summed E-state index contributed by atoms with van der Waals surface area (Å²) in [6, 6.07) is 1.74. The third-order valence-electron chi connectivity index (χ3n) is 1.21. The van der Waals surface area contributed by atoms with Crippen molar-refractivity contribution in [2.45, 2.75) is 0 Å². The van der Waals surface area contributed by atoms with Crippen LogP contribution in [0.2, 0.25) is 0 Å². The molecule has 2 nitrogen and oxygen atoms in total. The van der Waals surface area contributed by atoms with Crippen molar-refractivity contribution < 1.29 is 9.53 Å². The summed E-state index contributed by atoms with van der Waals surface area (Å²) in [6.07, 6.45) is 0. The Balaban J connectivity index is 2.80. The van der Waals surface area contributed by atoms with E-state index in [2.05, 4.69) is 15.9 Å². The molecule has 0 aromatic carbocycles. The van der Waals surface area contributed by atoms with Crippen molar-refractivity contribution in [2.24, 2.45) is 0 Å². The van der Waals surface area contributed by atoms with Crippen molar-refractivity contribution in [3.63, 3.8) is 0 Å². The van der Waals surface area contributed by atoms with Crippen LogP contribution in [0.3, 0.4) is 0 Å². The van der Waals surface area contributed by atoms with E-state index in [1.54, 1.807) is 13.2 Å². The van der Waals surface area contributed by atoms with Crippen LogP contribution >= 0.6 is 27.3 Å². The number of hydrogen-bond donors (Lipinski definition) is 0. The minimum absolute atomic E-state index is 0.0956. The number of thiophene rings is 1. The molecule has 0 amide bonds. The number of alkyl halides is 1. The van der Waals surface area contributed by atoms with Crippen LogP contribution in [0.25, 0.3) is 0 Å². The Kier molecular flexibility index (Phi) is 3.08. The highest BCUT2D eigenvalue weighted by Gasteiger charge is 2.06. The van der Waals surface area contributed by atoms with Gasteiger partial charge in [0.2, 0.25) is 0 Å². The van der Waals surface area contributed by atoms with E-state index in [-0.39, 0.29) is 5.78 Å². The van der Waals surface area contributed by atoms with E-state index >= 15 is 0 Å². The second-order valence-electron chi connectivity index (χ2n) is 1.91. The molecule has 0 N–H and O–H groups in total. The molecule has 1 aromatic rings.